The molecule has 1 heterocycles. The second-order valence-corrected chi connectivity index (χ2v) is 2.65. The maximum atomic E-state index is 10.3. The van der Waals surface area contributed by atoms with Gasteiger partial charge in [0, 0.05) is 37.1 Å². The second-order valence-electron chi connectivity index (χ2n) is 2.65. The third-order valence-corrected chi connectivity index (χ3v) is 1.49. The Labute approximate surface area is 104 Å². The number of H-pyrrole nitrogens is 1. The van der Waals surface area contributed by atoms with E-state index in [2.05, 4.69) is 4.98 Å². The van der Waals surface area contributed by atoms with E-state index in [1.54, 1.807) is 12.1 Å². The van der Waals surface area contributed by atoms with Crippen LogP contribution in [-0.4, -0.2) is 39.4 Å². The molecule has 0 bridgehead atoms. The zero-order chi connectivity index (χ0) is 11.8. The average molecular weight is 266 g/mol. The summed E-state index contributed by atoms with van der Waals surface area (Å²) in [7, 11) is 1.00. The fourth-order valence-corrected chi connectivity index (χ4v) is 1.02. The molecule has 0 fully saturated rings. The number of hydrogen-bond donors (Lipinski definition) is 4. The number of hydrogen-bond acceptors (Lipinski definition) is 3. The van der Waals surface area contributed by atoms with Crippen molar-refractivity contribution in [1.82, 2.24) is 4.98 Å². The number of carboxylic acid groups (broad SMARTS) is 2. The first-order valence-electron chi connectivity index (χ1n) is 4.13. The molecule has 1 rings (SSSR count). The number of aromatic amines is 1. The summed E-state index contributed by atoms with van der Waals surface area (Å²) in [6, 6.07) is 3.15. The minimum Gasteiger partial charge on any atom is -0.481 e. The molecule has 0 unspecified atom stereocenters. The standard InChI is InChI=1S/C8H9NO4.CH4O.V/c10-7(11)3-5-1-2-6(9-5)4-8(12)13;1-2;/h1-2,9H,3-4H2,(H,10,11)(H,12,13);2H,1H3;. The van der Waals surface area contributed by atoms with Crippen LogP contribution in [0.1, 0.15) is 11.4 Å². The number of aliphatic hydroxyl groups is 1. The summed E-state index contributed by atoms with van der Waals surface area (Å²) in [6.45, 7) is 0. The molecule has 0 saturated heterocycles. The van der Waals surface area contributed by atoms with Crippen molar-refractivity contribution in [2.75, 3.05) is 7.11 Å². The molecule has 0 aliphatic carbocycles. The topological polar surface area (TPSA) is 111 Å². The van der Waals surface area contributed by atoms with Crippen molar-refractivity contribution in [2.45, 2.75) is 12.8 Å². The van der Waals surface area contributed by atoms with Gasteiger partial charge in [0.05, 0.1) is 12.8 Å². The molecule has 7 heteroatoms. The van der Waals surface area contributed by atoms with Gasteiger partial charge in [-0.2, -0.15) is 0 Å². The Morgan fingerprint density at radius 1 is 1.06 bits per heavy atom. The SMILES string of the molecule is CO.O=C(O)Cc1ccc(CC(=O)O)[nH]1.[V]. The predicted molar refractivity (Wildman–Crippen MR) is 51.6 cm³/mol. The number of rotatable bonds is 4. The van der Waals surface area contributed by atoms with Gasteiger partial charge in [0.1, 0.15) is 0 Å². The Balaban J connectivity index is 0. The normalized spacial score (nSPS) is 8.38. The number of aliphatic carboxylic acids is 2. The van der Waals surface area contributed by atoms with Crippen LogP contribution in [0.15, 0.2) is 12.1 Å². The third kappa shape index (κ3) is 7.11. The third-order valence-electron chi connectivity index (χ3n) is 1.49. The quantitative estimate of drug-likeness (QED) is 0.607. The Hall–Kier alpha value is -1.24. The second kappa shape index (κ2) is 9.02. The molecule has 4 N–H and O–H groups in total. The van der Waals surface area contributed by atoms with Gasteiger partial charge in [-0.05, 0) is 12.1 Å². The van der Waals surface area contributed by atoms with Crippen LogP contribution in [0.2, 0.25) is 0 Å². The van der Waals surface area contributed by atoms with Crippen molar-refractivity contribution in [3.63, 3.8) is 0 Å². The van der Waals surface area contributed by atoms with E-state index in [0.29, 0.717) is 11.4 Å². The summed E-state index contributed by atoms with van der Waals surface area (Å²) >= 11 is 0. The molecule has 0 saturated carbocycles. The summed E-state index contributed by atoms with van der Waals surface area (Å²) in [6.07, 6.45) is -0.223. The van der Waals surface area contributed by atoms with Gasteiger partial charge in [-0.25, -0.2) is 0 Å². The largest absolute Gasteiger partial charge is 0.481 e. The van der Waals surface area contributed by atoms with Crippen molar-refractivity contribution >= 4 is 11.9 Å². The minimum atomic E-state index is -0.941. The van der Waals surface area contributed by atoms with Crippen molar-refractivity contribution in [1.29, 1.82) is 0 Å². The minimum absolute atomic E-state index is 0. The van der Waals surface area contributed by atoms with Crippen LogP contribution in [0.3, 0.4) is 0 Å². The van der Waals surface area contributed by atoms with Gasteiger partial charge in [-0.3, -0.25) is 9.59 Å². The average Bonchev–Trinajstić information content (AvgIpc) is 2.54. The van der Waals surface area contributed by atoms with E-state index in [1.807, 2.05) is 0 Å². The van der Waals surface area contributed by atoms with Gasteiger partial charge >= 0.3 is 11.9 Å². The van der Waals surface area contributed by atoms with Crippen LogP contribution in [0.5, 0.6) is 0 Å². The van der Waals surface area contributed by atoms with E-state index in [4.69, 9.17) is 15.3 Å². The Morgan fingerprint density at radius 2 is 1.38 bits per heavy atom. The fraction of sp³-hybridized carbons (Fsp3) is 0.333. The Morgan fingerprint density at radius 3 is 1.62 bits per heavy atom. The molecule has 0 aliphatic rings. The van der Waals surface area contributed by atoms with E-state index in [9.17, 15) is 9.59 Å². The molecule has 0 amide bonds. The molecule has 1 radical (unpaired) electrons. The summed E-state index contributed by atoms with van der Waals surface area (Å²) in [5.74, 6) is -1.88. The van der Waals surface area contributed by atoms with Crippen molar-refractivity contribution < 1.29 is 43.5 Å². The number of nitrogens with one attached hydrogen (secondary N) is 1. The molecule has 0 atom stereocenters. The maximum absolute atomic E-state index is 10.3. The number of aliphatic hydroxyl groups excluding tert-OH is 1. The smallest absolute Gasteiger partial charge is 0.309 e. The molecule has 6 nitrogen and oxygen atoms in total. The van der Waals surface area contributed by atoms with Crippen LogP contribution in [0.25, 0.3) is 0 Å². The van der Waals surface area contributed by atoms with Crippen LogP contribution in [0.4, 0.5) is 0 Å². The molecule has 1 aromatic heterocycles. The number of carboxylic acids is 2. The van der Waals surface area contributed by atoms with Gasteiger partial charge in [-0.1, -0.05) is 0 Å². The Kier molecular flexibility index (Phi) is 9.68. The van der Waals surface area contributed by atoms with E-state index in [0.717, 1.165) is 7.11 Å². The molecule has 1 aromatic rings. The van der Waals surface area contributed by atoms with Crippen molar-refractivity contribution in [3.8, 4) is 0 Å². The van der Waals surface area contributed by atoms with E-state index in [-0.39, 0.29) is 31.4 Å². The fourth-order valence-electron chi connectivity index (χ4n) is 1.02. The molecule has 0 aromatic carbocycles. The van der Waals surface area contributed by atoms with Crippen molar-refractivity contribution in [3.05, 3.63) is 23.5 Å². The summed E-state index contributed by atoms with van der Waals surface area (Å²) in [4.78, 5) is 23.2. The first-order valence-corrected chi connectivity index (χ1v) is 4.13. The number of carbonyl (C=O) groups is 2. The van der Waals surface area contributed by atoms with E-state index < -0.39 is 11.9 Å². The molecule has 16 heavy (non-hydrogen) atoms. The summed E-state index contributed by atoms with van der Waals surface area (Å²) in [5.41, 5.74) is 1.03. The zero-order valence-electron chi connectivity index (χ0n) is 8.67. The molecular formula is C9H13NO5V. The van der Waals surface area contributed by atoms with Gasteiger partial charge in [0.15, 0.2) is 0 Å². The van der Waals surface area contributed by atoms with Crippen LogP contribution in [0, 0.1) is 0 Å². The van der Waals surface area contributed by atoms with Gasteiger partial charge in [-0.15, -0.1) is 0 Å². The molecule has 89 valence electrons. The molecule has 0 aliphatic heterocycles. The van der Waals surface area contributed by atoms with E-state index in [1.165, 1.54) is 0 Å². The number of aromatic nitrogens is 1. The van der Waals surface area contributed by atoms with Gasteiger partial charge in [0.2, 0.25) is 0 Å². The first kappa shape index (κ1) is 17.2. The van der Waals surface area contributed by atoms with Gasteiger partial charge < -0.3 is 20.3 Å². The predicted octanol–water partition coefficient (Wildman–Crippen LogP) is -0.125. The monoisotopic (exact) mass is 266 g/mol. The van der Waals surface area contributed by atoms with E-state index >= 15 is 0 Å². The maximum Gasteiger partial charge on any atom is 0.309 e. The summed E-state index contributed by atoms with van der Waals surface area (Å²) < 4.78 is 0. The first-order chi connectivity index (χ1) is 7.08. The zero-order valence-corrected chi connectivity index (χ0v) is 10.1. The summed E-state index contributed by atoms with van der Waals surface area (Å²) in [5, 5.41) is 23.8. The van der Waals surface area contributed by atoms with Crippen LogP contribution in [-0.2, 0) is 41.0 Å². The Bertz CT molecular complexity index is 306. The molecule has 0 spiro atoms. The molecular weight excluding hydrogens is 253 g/mol. The van der Waals surface area contributed by atoms with Crippen molar-refractivity contribution in [2.24, 2.45) is 0 Å². The van der Waals surface area contributed by atoms with Gasteiger partial charge in [0.25, 0.3) is 0 Å². The van der Waals surface area contributed by atoms with Crippen LogP contribution < -0.4 is 0 Å². The van der Waals surface area contributed by atoms with Crippen LogP contribution >= 0.6 is 0 Å².